The highest BCUT2D eigenvalue weighted by atomic mass is 28.4. The van der Waals surface area contributed by atoms with Crippen molar-refractivity contribution in [2.24, 2.45) is 5.92 Å². The zero-order chi connectivity index (χ0) is 13.9. The first-order chi connectivity index (χ1) is 8.64. The summed E-state index contributed by atoms with van der Waals surface area (Å²) in [5, 5.41) is 0. The lowest BCUT2D eigenvalue weighted by atomic mass is 10.1. The van der Waals surface area contributed by atoms with E-state index in [1.165, 1.54) is 0 Å². The average molecular weight is 274 g/mol. The monoisotopic (exact) mass is 274 g/mol. The topological polar surface area (TPSA) is 27.7 Å². The van der Waals surface area contributed by atoms with E-state index in [1.54, 1.807) is 0 Å². The highest BCUT2D eigenvalue weighted by Gasteiger charge is 2.39. The van der Waals surface area contributed by atoms with Crippen molar-refractivity contribution < 1.29 is 13.3 Å². The predicted molar refractivity (Wildman–Crippen MR) is 78.7 cm³/mol. The van der Waals surface area contributed by atoms with Crippen LogP contribution in [0.3, 0.4) is 0 Å². The van der Waals surface area contributed by atoms with E-state index in [1.807, 2.05) is 20.8 Å². The van der Waals surface area contributed by atoms with Crippen molar-refractivity contribution in [3.05, 3.63) is 12.2 Å². The van der Waals surface area contributed by atoms with Gasteiger partial charge in [-0.1, -0.05) is 26.0 Å². The Kier molecular flexibility index (Phi) is 10.6. The summed E-state index contributed by atoms with van der Waals surface area (Å²) in [6.45, 7) is 12.4. The van der Waals surface area contributed by atoms with Crippen LogP contribution >= 0.6 is 0 Å². The molecule has 1 unspecified atom stereocenters. The summed E-state index contributed by atoms with van der Waals surface area (Å²) in [7, 11) is -2.43. The van der Waals surface area contributed by atoms with Crippen LogP contribution in [-0.4, -0.2) is 28.6 Å². The molecule has 18 heavy (non-hydrogen) atoms. The molecule has 0 aromatic carbocycles. The first-order valence-corrected chi connectivity index (χ1v) is 9.15. The molecule has 108 valence electrons. The molecule has 0 aliphatic heterocycles. The van der Waals surface area contributed by atoms with E-state index < -0.39 is 8.80 Å². The van der Waals surface area contributed by atoms with Crippen LogP contribution in [-0.2, 0) is 13.3 Å². The van der Waals surface area contributed by atoms with E-state index in [4.69, 9.17) is 13.3 Å². The molecular formula is C14H30O3Si. The van der Waals surface area contributed by atoms with Gasteiger partial charge in [-0.15, -0.1) is 0 Å². The molecule has 0 N–H and O–H groups in total. The first-order valence-electron chi connectivity index (χ1n) is 7.22. The van der Waals surface area contributed by atoms with Gasteiger partial charge in [0.1, 0.15) is 0 Å². The Balaban J connectivity index is 4.41. The fourth-order valence-electron chi connectivity index (χ4n) is 1.87. The lowest BCUT2D eigenvalue weighted by Gasteiger charge is -2.29. The Labute approximate surface area is 114 Å². The molecule has 0 aromatic rings. The molecule has 0 spiro atoms. The molecule has 3 nitrogen and oxygen atoms in total. The van der Waals surface area contributed by atoms with E-state index in [0.717, 1.165) is 18.9 Å². The molecule has 0 aromatic heterocycles. The van der Waals surface area contributed by atoms with Crippen LogP contribution < -0.4 is 0 Å². The van der Waals surface area contributed by atoms with Crippen LogP contribution in [0.5, 0.6) is 0 Å². The minimum atomic E-state index is -2.43. The number of rotatable bonds is 11. The third-order valence-corrected chi connectivity index (χ3v) is 5.79. The van der Waals surface area contributed by atoms with Crippen LogP contribution in [0.15, 0.2) is 12.2 Å². The third-order valence-electron chi connectivity index (χ3n) is 2.70. The molecule has 4 heteroatoms. The summed E-state index contributed by atoms with van der Waals surface area (Å²) < 4.78 is 17.5. The summed E-state index contributed by atoms with van der Waals surface area (Å²) in [4.78, 5) is 0. The summed E-state index contributed by atoms with van der Waals surface area (Å²) >= 11 is 0. The molecule has 0 amide bonds. The summed E-state index contributed by atoms with van der Waals surface area (Å²) in [5.74, 6) is 0.554. The van der Waals surface area contributed by atoms with Crippen molar-refractivity contribution in [1.82, 2.24) is 0 Å². The van der Waals surface area contributed by atoms with Gasteiger partial charge < -0.3 is 13.3 Å². The lowest BCUT2D eigenvalue weighted by Crippen LogP contribution is -2.46. The quantitative estimate of drug-likeness (QED) is 0.420. The Morgan fingerprint density at radius 2 is 1.44 bits per heavy atom. The molecule has 0 saturated heterocycles. The first kappa shape index (κ1) is 17.8. The SMILES string of the molecule is CC/C=C/C(C)CC[Si](OCC)(OCC)OCC. The largest absolute Gasteiger partial charge is 0.500 e. The molecule has 0 bridgehead atoms. The average Bonchev–Trinajstić information content (AvgIpc) is 2.35. The smallest absolute Gasteiger partial charge is 0.374 e. The van der Waals surface area contributed by atoms with Crippen molar-refractivity contribution in [2.75, 3.05) is 19.8 Å². The third kappa shape index (κ3) is 7.31. The van der Waals surface area contributed by atoms with Crippen molar-refractivity contribution in [2.45, 2.75) is 53.5 Å². The molecule has 0 radical (unpaired) electrons. The van der Waals surface area contributed by atoms with Crippen LogP contribution in [0, 0.1) is 5.92 Å². The van der Waals surface area contributed by atoms with Crippen LogP contribution in [0.2, 0.25) is 6.04 Å². The van der Waals surface area contributed by atoms with E-state index in [-0.39, 0.29) is 0 Å². The summed E-state index contributed by atoms with van der Waals surface area (Å²) in [5.41, 5.74) is 0. The normalized spacial score (nSPS) is 14.3. The van der Waals surface area contributed by atoms with Crippen molar-refractivity contribution in [3.63, 3.8) is 0 Å². The van der Waals surface area contributed by atoms with Crippen molar-refractivity contribution in [3.8, 4) is 0 Å². The maximum atomic E-state index is 5.84. The van der Waals surface area contributed by atoms with Crippen LogP contribution in [0.25, 0.3) is 0 Å². The Hall–Kier alpha value is -0.163. The minimum Gasteiger partial charge on any atom is -0.374 e. The van der Waals surface area contributed by atoms with Gasteiger partial charge in [0, 0.05) is 25.9 Å². The highest BCUT2D eigenvalue weighted by Crippen LogP contribution is 2.21. The second-order valence-electron chi connectivity index (χ2n) is 4.33. The second kappa shape index (κ2) is 10.7. The number of allylic oxidation sites excluding steroid dienone is 2. The number of hydrogen-bond donors (Lipinski definition) is 0. The minimum absolute atomic E-state index is 0.554. The van der Waals surface area contributed by atoms with Gasteiger partial charge in [0.25, 0.3) is 0 Å². The van der Waals surface area contributed by atoms with Gasteiger partial charge in [0.15, 0.2) is 0 Å². The predicted octanol–water partition coefficient (Wildman–Crippen LogP) is 4.03. The summed E-state index contributed by atoms with van der Waals surface area (Å²) in [6.07, 6.45) is 6.64. The second-order valence-corrected chi connectivity index (χ2v) is 7.07. The van der Waals surface area contributed by atoms with Crippen LogP contribution in [0.4, 0.5) is 0 Å². The molecule has 0 aliphatic carbocycles. The van der Waals surface area contributed by atoms with Gasteiger partial charge in [-0.2, -0.15) is 0 Å². The maximum Gasteiger partial charge on any atom is 0.500 e. The van der Waals surface area contributed by atoms with Crippen LogP contribution in [0.1, 0.15) is 47.5 Å². The zero-order valence-corrected chi connectivity index (χ0v) is 13.7. The summed E-state index contributed by atoms with van der Waals surface area (Å²) in [6, 6.07) is 0.901. The van der Waals surface area contributed by atoms with Crippen molar-refractivity contribution in [1.29, 1.82) is 0 Å². The number of hydrogen-bond acceptors (Lipinski definition) is 3. The standard InChI is InChI=1S/C14H30O3Si/c1-6-10-11-14(5)12-13-18(15-7-2,16-8-3)17-9-4/h10-11,14H,6-9,12-13H2,1-5H3/b11-10+. The van der Waals surface area contributed by atoms with E-state index in [9.17, 15) is 0 Å². The molecule has 0 saturated carbocycles. The van der Waals surface area contributed by atoms with E-state index in [0.29, 0.717) is 25.7 Å². The molecule has 0 fully saturated rings. The Morgan fingerprint density at radius 1 is 0.944 bits per heavy atom. The fraction of sp³-hybridized carbons (Fsp3) is 0.857. The van der Waals surface area contributed by atoms with E-state index in [2.05, 4.69) is 26.0 Å². The molecule has 1 atom stereocenters. The Morgan fingerprint density at radius 3 is 1.83 bits per heavy atom. The molecule has 0 aliphatic rings. The van der Waals surface area contributed by atoms with Crippen molar-refractivity contribution >= 4 is 8.80 Å². The van der Waals surface area contributed by atoms with E-state index >= 15 is 0 Å². The molecule has 0 heterocycles. The Bertz CT molecular complexity index is 202. The van der Waals surface area contributed by atoms with Gasteiger partial charge in [-0.25, -0.2) is 0 Å². The van der Waals surface area contributed by atoms with Gasteiger partial charge >= 0.3 is 8.80 Å². The molecular weight excluding hydrogens is 244 g/mol. The highest BCUT2D eigenvalue weighted by molar-refractivity contribution is 6.60. The van der Waals surface area contributed by atoms with Gasteiger partial charge in [-0.3, -0.25) is 0 Å². The fourth-order valence-corrected chi connectivity index (χ4v) is 4.68. The molecule has 0 rings (SSSR count). The maximum absolute atomic E-state index is 5.84. The van der Waals surface area contributed by atoms with Gasteiger partial charge in [0.2, 0.25) is 0 Å². The van der Waals surface area contributed by atoms with Gasteiger partial charge in [-0.05, 0) is 39.5 Å². The van der Waals surface area contributed by atoms with Gasteiger partial charge in [0.05, 0.1) is 0 Å². The lowest BCUT2D eigenvalue weighted by molar-refractivity contribution is 0.0702. The zero-order valence-electron chi connectivity index (χ0n) is 12.7.